The molecule has 0 aliphatic carbocycles. The Labute approximate surface area is 141 Å². The Morgan fingerprint density at radius 3 is 2.25 bits per heavy atom. The highest BCUT2D eigenvalue weighted by Crippen LogP contribution is 2.19. The van der Waals surface area contributed by atoms with Gasteiger partial charge in [-0.1, -0.05) is 48.5 Å². The molecular formula is C19H17NO3S. The van der Waals surface area contributed by atoms with Crippen molar-refractivity contribution >= 4 is 32.2 Å². The standard InChI is InChI=1S/C19H17NO3S/c21-19(12-13-24(22,23)18-8-2-1-3-9-18)20-17-11-10-15-6-4-5-7-16(15)14-17/h1-11,14H,12-13H2,(H,20,21). The predicted octanol–water partition coefficient (Wildman–Crippen LogP) is 3.64. The van der Waals surface area contributed by atoms with Crippen LogP contribution in [0.15, 0.2) is 77.7 Å². The van der Waals surface area contributed by atoms with Crippen molar-refractivity contribution in [1.82, 2.24) is 0 Å². The molecule has 0 heterocycles. The molecule has 122 valence electrons. The summed E-state index contributed by atoms with van der Waals surface area (Å²) in [6, 6.07) is 21.6. The van der Waals surface area contributed by atoms with Crippen molar-refractivity contribution in [2.75, 3.05) is 11.1 Å². The lowest BCUT2D eigenvalue weighted by Gasteiger charge is -2.07. The summed E-state index contributed by atoms with van der Waals surface area (Å²) in [4.78, 5) is 12.3. The van der Waals surface area contributed by atoms with E-state index in [9.17, 15) is 13.2 Å². The van der Waals surface area contributed by atoms with Crippen molar-refractivity contribution in [2.45, 2.75) is 11.3 Å². The van der Waals surface area contributed by atoms with Crippen LogP contribution in [0, 0.1) is 0 Å². The lowest BCUT2D eigenvalue weighted by molar-refractivity contribution is -0.115. The highest BCUT2D eigenvalue weighted by atomic mass is 32.2. The molecule has 0 aliphatic rings. The summed E-state index contributed by atoms with van der Waals surface area (Å²) in [5.74, 6) is -0.527. The van der Waals surface area contributed by atoms with Crippen molar-refractivity contribution in [1.29, 1.82) is 0 Å². The monoisotopic (exact) mass is 339 g/mol. The summed E-state index contributed by atoms with van der Waals surface area (Å²) in [6.07, 6.45) is -0.0793. The number of carbonyl (C=O) groups is 1. The van der Waals surface area contributed by atoms with Crippen LogP contribution in [0.5, 0.6) is 0 Å². The molecule has 0 atom stereocenters. The van der Waals surface area contributed by atoms with Crippen molar-refractivity contribution in [3.63, 3.8) is 0 Å². The molecule has 3 rings (SSSR count). The van der Waals surface area contributed by atoms with Gasteiger partial charge >= 0.3 is 0 Å². The van der Waals surface area contributed by atoms with Gasteiger partial charge in [-0.15, -0.1) is 0 Å². The zero-order valence-electron chi connectivity index (χ0n) is 13.0. The molecule has 0 aromatic heterocycles. The van der Waals surface area contributed by atoms with Crippen LogP contribution in [0.3, 0.4) is 0 Å². The van der Waals surface area contributed by atoms with E-state index >= 15 is 0 Å². The Morgan fingerprint density at radius 1 is 0.833 bits per heavy atom. The van der Waals surface area contributed by atoms with Crippen molar-refractivity contribution in [2.24, 2.45) is 0 Å². The molecule has 0 saturated heterocycles. The summed E-state index contributed by atoms with van der Waals surface area (Å²) in [5.41, 5.74) is 0.663. The highest BCUT2D eigenvalue weighted by molar-refractivity contribution is 7.91. The fourth-order valence-electron chi connectivity index (χ4n) is 2.46. The number of amides is 1. The van der Waals surface area contributed by atoms with Gasteiger partial charge in [-0.05, 0) is 35.0 Å². The lowest BCUT2D eigenvalue weighted by Crippen LogP contribution is -2.17. The van der Waals surface area contributed by atoms with Crippen LogP contribution in [0.1, 0.15) is 6.42 Å². The van der Waals surface area contributed by atoms with Crippen LogP contribution >= 0.6 is 0 Å². The number of rotatable bonds is 5. The second kappa shape index (κ2) is 6.84. The van der Waals surface area contributed by atoms with E-state index in [0.29, 0.717) is 5.69 Å². The average Bonchev–Trinajstić information content (AvgIpc) is 2.61. The third kappa shape index (κ3) is 3.81. The van der Waals surface area contributed by atoms with Gasteiger partial charge in [0.2, 0.25) is 5.91 Å². The molecule has 5 heteroatoms. The zero-order valence-corrected chi connectivity index (χ0v) is 13.8. The van der Waals surface area contributed by atoms with Crippen LogP contribution in [0.25, 0.3) is 10.8 Å². The topological polar surface area (TPSA) is 63.2 Å². The molecule has 1 N–H and O–H groups in total. The first-order valence-corrected chi connectivity index (χ1v) is 9.26. The minimum absolute atomic E-state index is 0.0793. The van der Waals surface area contributed by atoms with Gasteiger partial charge in [0.15, 0.2) is 9.84 Å². The summed E-state index contributed by atoms with van der Waals surface area (Å²) in [6.45, 7) is 0. The third-order valence-electron chi connectivity index (χ3n) is 3.73. The Kier molecular flexibility index (Phi) is 4.62. The summed E-state index contributed by atoms with van der Waals surface area (Å²) in [5, 5.41) is 4.86. The van der Waals surface area contributed by atoms with Crippen LogP contribution in [-0.2, 0) is 14.6 Å². The third-order valence-corrected chi connectivity index (χ3v) is 5.47. The van der Waals surface area contributed by atoms with Gasteiger partial charge in [0.25, 0.3) is 0 Å². The first kappa shape index (κ1) is 16.2. The fourth-order valence-corrected chi connectivity index (χ4v) is 3.72. The molecule has 0 fully saturated rings. The van der Waals surface area contributed by atoms with Gasteiger partial charge < -0.3 is 5.32 Å². The number of benzene rings is 3. The molecule has 3 aromatic carbocycles. The molecule has 0 bridgehead atoms. The molecule has 4 nitrogen and oxygen atoms in total. The number of sulfone groups is 1. The van der Waals surface area contributed by atoms with Gasteiger partial charge in [0.1, 0.15) is 0 Å². The molecule has 0 saturated carbocycles. The molecule has 1 amide bonds. The molecule has 0 spiro atoms. The fraction of sp³-hybridized carbons (Fsp3) is 0.105. The Hall–Kier alpha value is -2.66. The number of anilines is 1. The first-order valence-electron chi connectivity index (χ1n) is 7.61. The summed E-state index contributed by atoms with van der Waals surface area (Å²) < 4.78 is 24.4. The van der Waals surface area contributed by atoms with Gasteiger partial charge in [-0.2, -0.15) is 0 Å². The van der Waals surface area contributed by atoms with E-state index in [1.165, 1.54) is 12.1 Å². The molecule has 0 radical (unpaired) electrons. The van der Waals surface area contributed by atoms with E-state index in [-0.39, 0.29) is 23.0 Å². The number of hydrogen-bond donors (Lipinski definition) is 1. The van der Waals surface area contributed by atoms with Crippen LogP contribution < -0.4 is 5.32 Å². The van der Waals surface area contributed by atoms with Crippen molar-refractivity contribution < 1.29 is 13.2 Å². The van der Waals surface area contributed by atoms with Gasteiger partial charge in [-0.3, -0.25) is 4.79 Å². The zero-order chi connectivity index (χ0) is 17.0. The van der Waals surface area contributed by atoms with Crippen LogP contribution in [-0.4, -0.2) is 20.1 Å². The summed E-state index contributed by atoms with van der Waals surface area (Å²) >= 11 is 0. The number of fused-ring (bicyclic) bond motifs is 1. The Morgan fingerprint density at radius 2 is 1.50 bits per heavy atom. The first-order chi connectivity index (χ1) is 11.5. The number of carbonyl (C=O) groups excluding carboxylic acids is 1. The lowest BCUT2D eigenvalue weighted by atomic mass is 10.1. The van der Waals surface area contributed by atoms with Crippen LogP contribution in [0.4, 0.5) is 5.69 Å². The minimum Gasteiger partial charge on any atom is -0.326 e. The molecule has 24 heavy (non-hydrogen) atoms. The van der Waals surface area contributed by atoms with Gasteiger partial charge in [-0.25, -0.2) is 8.42 Å². The van der Waals surface area contributed by atoms with E-state index in [4.69, 9.17) is 0 Å². The number of nitrogens with one attached hydrogen (secondary N) is 1. The van der Waals surface area contributed by atoms with E-state index < -0.39 is 9.84 Å². The maximum Gasteiger partial charge on any atom is 0.225 e. The van der Waals surface area contributed by atoms with Crippen molar-refractivity contribution in [3.8, 4) is 0 Å². The molecular weight excluding hydrogens is 322 g/mol. The second-order valence-electron chi connectivity index (χ2n) is 5.49. The largest absolute Gasteiger partial charge is 0.326 e. The van der Waals surface area contributed by atoms with E-state index in [0.717, 1.165) is 10.8 Å². The van der Waals surface area contributed by atoms with Gasteiger partial charge in [0, 0.05) is 12.1 Å². The van der Waals surface area contributed by atoms with E-state index in [1.807, 2.05) is 42.5 Å². The van der Waals surface area contributed by atoms with E-state index in [2.05, 4.69) is 5.32 Å². The normalized spacial score (nSPS) is 11.3. The smallest absolute Gasteiger partial charge is 0.225 e. The Balaban J connectivity index is 1.65. The predicted molar refractivity (Wildman–Crippen MR) is 95.7 cm³/mol. The maximum absolute atomic E-state index is 12.2. The molecule has 3 aromatic rings. The maximum atomic E-state index is 12.2. The van der Waals surface area contributed by atoms with E-state index in [1.54, 1.807) is 18.2 Å². The average molecular weight is 339 g/mol. The highest BCUT2D eigenvalue weighted by Gasteiger charge is 2.16. The quantitative estimate of drug-likeness (QED) is 0.772. The summed E-state index contributed by atoms with van der Waals surface area (Å²) in [7, 11) is -3.44. The second-order valence-corrected chi connectivity index (χ2v) is 7.60. The Bertz CT molecular complexity index is 966. The van der Waals surface area contributed by atoms with Gasteiger partial charge in [0.05, 0.1) is 10.6 Å². The van der Waals surface area contributed by atoms with Crippen molar-refractivity contribution in [3.05, 3.63) is 72.8 Å². The van der Waals surface area contributed by atoms with Crippen LogP contribution in [0.2, 0.25) is 0 Å². The molecule has 0 unspecified atom stereocenters. The molecule has 0 aliphatic heterocycles. The minimum atomic E-state index is -3.44. The SMILES string of the molecule is O=C(CCS(=O)(=O)c1ccccc1)Nc1ccc2ccccc2c1. The number of hydrogen-bond acceptors (Lipinski definition) is 3.